The Bertz CT molecular complexity index is 1040. The molecule has 1 saturated heterocycles. The number of phenols is 1. The van der Waals surface area contributed by atoms with Crippen LogP contribution in [0, 0.1) is 11.8 Å². The first-order valence-corrected chi connectivity index (χ1v) is 9.50. The van der Waals surface area contributed by atoms with E-state index < -0.39 is 17.5 Å². The average molecular weight is 402 g/mol. The maximum Gasteiger partial charge on any atom is 0.416 e. The van der Waals surface area contributed by atoms with E-state index >= 15 is 0 Å². The van der Waals surface area contributed by atoms with E-state index in [9.17, 15) is 18.3 Å². The Morgan fingerprint density at radius 1 is 1.03 bits per heavy atom. The summed E-state index contributed by atoms with van der Waals surface area (Å²) in [7, 11) is 0. The van der Waals surface area contributed by atoms with Gasteiger partial charge in [0.15, 0.2) is 5.82 Å². The van der Waals surface area contributed by atoms with Crippen molar-refractivity contribution in [1.29, 1.82) is 0 Å². The second kappa shape index (κ2) is 7.17. The van der Waals surface area contributed by atoms with Gasteiger partial charge in [0.1, 0.15) is 11.4 Å². The van der Waals surface area contributed by atoms with Crippen molar-refractivity contribution in [2.75, 3.05) is 18.0 Å². The topological polar surface area (TPSA) is 62.1 Å². The van der Waals surface area contributed by atoms with Crippen molar-refractivity contribution in [3.8, 4) is 17.0 Å². The lowest BCUT2D eigenvalue weighted by atomic mass is 9.91. The monoisotopic (exact) mass is 402 g/mol. The highest BCUT2D eigenvalue weighted by atomic mass is 19.4. The molecule has 3 aromatic rings. The molecule has 2 atom stereocenters. The van der Waals surface area contributed by atoms with Crippen LogP contribution >= 0.6 is 0 Å². The molecular weight excluding hydrogens is 381 g/mol. The summed E-state index contributed by atoms with van der Waals surface area (Å²) < 4.78 is 38.8. The molecule has 4 rings (SSSR count). The Morgan fingerprint density at radius 3 is 2.41 bits per heavy atom. The number of hydrogen-bond donors (Lipinski definition) is 1. The van der Waals surface area contributed by atoms with E-state index in [4.69, 9.17) is 0 Å². The zero-order valence-corrected chi connectivity index (χ0v) is 16.1. The maximum atomic E-state index is 12.9. The van der Waals surface area contributed by atoms with Gasteiger partial charge < -0.3 is 10.0 Å². The molecule has 5 nitrogen and oxygen atoms in total. The lowest BCUT2D eigenvalue weighted by Crippen LogP contribution is -2.39. The van der Waals surface area contributed by atoms with E-state index in [0.29, 0.717) is 29.0 Å². The van der Waals surface area contributed by atoms with Crippen LogP contribution in [-0.2, 0) is 6.18 Å². The van der Waals surface area contributed by atoms with Crippen LogP contribution < -0.4 is 4.90 Å². The largest absolute Gasteiger partial charge is 0.507 e. The van der Waals surface area contributed by atoms with Crippen LogP contribution in [0.2, 0.25) is 0 Å². The molecule has 0 bridgehead atoms. The third-order valence-electron chi connectivity index (χ3n) is 5.31. The molecule has 1 N–H and O–H groups in total. The molecule has 1 aromatic carbocycles. The third kappa shape index (κ3) is 3.71. The van der Waals surface area contributed by atoms with Gasteiger partial charge in [-0.2, -0.15) is 13.2 Å². The molecule has 0 amide bonds. The normalized spacial score (nSPS) is 20.2. The molecule has 0 radical (unpaired) electrons. The van der Waals surface area contributed by atoms with Crippen molar-refractivity contribution in [3.05, 3.63) is 42.2 Å². The fourth-order valence-corrected chi connectivity index (χ4v) is 4.16. The highest BCUT2D eigenvalue weighted by molar-refractivity contribution is 6.00. The minimum absolute atomic E-state index is 0.190. The average Bonchev–Trinajstić information content (AvgIpc) is 2.66. The molecule has 0 unspecified atom stereocenters. The molecule has 1 fully saturated rings. The van der Waals surface area contributed by atoms with E-state index in [1.54, 1.807) is 12.4 Å². The lowest BCUT2D eigenvalue weighted by Gasteiger charge is -2.36. The van der Waals surface area contributed by atoms with Gasteiger partial charge in [0.2, 0.25) is 0 Å². The quantitative estimate of drug-likeness (QED) is 0.661. The summed E-state index contributed by atoms with van der Waals surface area (Å²) >= 11 is 0. The highest BCUT2D eigenvalue weighted by Gasteiger charge is 2.31. The van der Waals surface area contributed by atoms with Crippen molar-refractivity contribution in [2.24, 2.45) is 11.8 Å². The number of anilines is 1. The van der Waals surface area contributed by atoms with Crippen molar-refractivity contribution in [3.63, 3.8) is 0 Å². The first kappa shape index (κ1) is 19.4. The fraction of sp³-hybridized carbons (Fsp3) is 0.381. The second-order valence-electron chi connectivity index (χ2n) is 7.87. The van der Waals surface area contributed by atoms with Gasteiger partial charge in [0.25, 0.3) is 0 Å². The number of hydrogen-bond acceptors (Lipinski definition) is 5. The maximum absolute atomic E-state index is 12.9. The van der Waals surface area contributed by atoms with Gasteiger partial charge in [0, 0.05) is 41.8 Å². The van der Waals surface area contributed by atoms with Crippen LogP contribution in [0.25, 0.3) is 22.0 Å². The standard InChI is InChI=1S/C21H21F3N4O/c1-12-7-13(2)11-28(10-12)20-15-5-6-25-9-17(15)19(26-27-20)16-4-3-14(8-18(16)29)21(22,23)24/h3-6,8-9,12-13,29H,7,10-11H2,1-2H3/t12-,13+. The molecule has 29 heavy (non-hydrogen) atoms. The highest BCUT2D eigenvalue weighted by Crippen LogP contribution is 2.39. The summed E-state index contributed by atoms with van der Waals surface area (Å²) in [6, 6.07) is 4.69. The first-order valence-electron chi connectivity index (χ1n) is 9.50. The summed E-state index contributed by atoms with van der Waals surface area (Å²) in [5.41, 5.74) is -0.418. The molecule has 0 spiro atoms. The smallest absolute Gasteiger partial charge is 0.416 e. The van der Waals surface area contributed by atoms with Crippen LogP contribution in [0.15, 0.2) is 36.7 Å². The molecule has 3 heterocycles. The van der Waals surface area contributed by atoms with Gasteiger partial charge in [0.05, 0.1) is 5.56 Å². The van der Waals surface area contributed by atoms with E-state index in [1.807, 2.05) is 6.07 Å². The van der Waals surface area contributed by atoms with Gasteiger partial charge in [-0.1, -0.05) is 13.8 Å². The van der Waals surface area contributed by atoms with E-state index in [0.717, 1.165) is 36.8 Å². The van der Waals surface area contributed by atoms with Gasteiger partial charge in [-0.25, -0.2) is 0 Å². The summed E-state index contributed by atoms with van der Waals surface area (Å²) in [5.74, 6) is 1.29. The second-order valence-corrected chi connectivity index (χ2v) is 7.87. The molecular formula is C21H21F3N4O. The Labute approximate surface area is 166 Å². The number of halogens is 3. The van der Waals surface area contributed by atoms with E-state index in [2.05, 4.69) is 33.9 Å². The van der Waals surface area contributed by atoms with Crippen molar-refractivity contribution in [2.45, 2.75) is 26.4 Å². The van der Waals surface area contributed by atoms with Gasteiger partial charge in [-0.05, 0) is 42.5 Å². The van der Waals surface area contributed by atoms with Crippen molar-refractivity contribution >= 4 is 16.6 Å². The molecule has 0 aliphatic carbocycles. The van der Waals surface area contributed by atoms with E-state index in [-0.39, 0.29) is 5.56 Å². The number of piperidine rings is 1. The Morgan fingerprint density at radius 2 is 1.76 bits per heavy atom. The number of pyridine rings is 1. The van der Waals surface area contributed by atoms with Crippen LogP contribution in [-0.4, -0.2) is 33.4 Å². The van der Waals surface area contributed by atoms with Crippen molar-refractivity contribution in [1.82, 2.24) is 15.2 Å². The van der Waals surface area contributed by atoms with Crippen LogP contribution in [0.5, 0.6) is 5.75 Å². The van der Waals surface area contributed by atoms with Gasteiger partial charge in [-0.3, -0.25) is 4.98 Å². The predicted octanol–water partition coefficient (Wildman–Crippen LogP) is 4.90. The number of benzene rings is 1. The molecule has 2 aromatic heterocycles. The third-order valence-corrected chi connectivity index (χ3v) is 5.31. The molecule has 1 aliphatic heterocycles. The summed E-state index contributed by atoms with van der Waals surface area (Å²) in [5, 5.41) is 20.4. The summed E-state index contributed by atoms with van der Waals surface area (Å²) in [6.07, 6.45) is -0.116. The number of nitrogens with zero attached hydrogens (tertiary/aromatic N) is 4. The Kier molecular flexibility index (Phi) is 4.80. The number of alkyl halides is 3. The number of fused-ring (bicyclic) bond motifs is 1. The minimum Gasteiger partial charge on any atom is -0.507 e. The minimum atomic E-state index is -4.53. The Balaban J connectivity index is 1.82. The van der Waals surface area contributed by atoms with Crippen LogP contribution in [0.4, 0.5) is 19.0 Å². The summed E-state index contributed by atoms with van der Waals surface area (Å²) in [4.78, 5) is 6.35. The predicted molar refractivity (Wildman–Crippen MR) is 105 cm³/mol. The summed E-state index contributed by atoms with van der Waals surface area (Å²) in [6.45, 7) is 6.13. The first-order chi connectivity index (χ1) is 13.7. The molecule has 152 valence electrons. The zero-order valence-electron chi connectivity index (χ0n) is 16.1. The molecule has 0 saturated carbocycles. The van der Waals surface area contributed by atoms with Gasteiger partial charge >= 0.3 is 6.18 Å². The molecule has 1 aliphatic rings. The van der Waals surface area contributed by atoms with Crippen LogP contribution in [0.3, 0.4) is 0 Å². The van der Waals surface area contributed by atoms with Crippen molar-refractivity contribution < 1.29 is 18.3 Å². The SMILES string of the molecule is C[C@@H]1C[C@H](C)CN(c2nnc(-c3ccc(C(F)(F)F)cc3O)c3cnccc23)C1. The number of aromatic hydroxyl groups is 1. The van der Waals surface area contributed by atoms with Gasteiger partial charge in [-0.15, -0.1) is 10.2 Å². The fourth-order valence-electron chi connectivity index (χ4n) is 4.16. The number of aromatic nitrogens is 3. The number of phenolic OH excluding ortho intramolecular Hbond substituents is 1. The number of rotatable bonds is 2. The van der Waals surface area contributed by atoms with E-state index in [1.165, 1.54) is 6.07 Å². The Hall–Kier alpha value is -2.90. The zero-order chi connectivity index (χ0) is 20.8. The lowest BCUT2D eigenvalue weighted by molar-refractivity contribution is -0.137. The molecule has 8 heteroatoms. The van der Waals surface area contributed by atoms with Crippen LogP contribution in [0.1, 0.15) is 25.8 Å².